The SMILES string of the molecule is Cc1cc(C(=O)O)cc(-c2cccc(B3OC(C)(C)C(C)(C)O3)c2)c1C. The largest absolute Gasteiger partial charge is 0.494 e. The van der Waals surface area contributed by atoms with Crippen LogP contribution in [0.1, 0.15) is 49.2 Å². The van der Waals surface area contributed by atoms with Gasteiger partial charge in [-0.15, -0.1) is 0 Å². The third-order valence-corrected chi connectivity index (χ3v) is 5.64. The Morgan fingerprint density at radius 3 is 2.19 bits per heavy atom. The van der Waals surface area contributed by atoms with Crippen molar-refractivity contribution in [1.82, 2.24) is 0 Å². The maximum atomic E-state index is 11.4. The average Bonchev–Trinajstić information content (AvgIpc) is 2.78. The monoisotopic (exact) mass is 352 g/mol. The van der Waals surface area contributed by atoms with E-state index >= 15 is 0 Å². The molecule has 0 amide bonds. The summed E-state index contributed by atoms with van der Waals surface area (Å²) in [7, 11) is -0.441. The first-order valence-corrected chi connectivity index (χ1v) is 8.82. The fourth-order valence-electron chi connectivity index (χ4n) is 3.11. The summed E-state index contributed by atoms with van der Waals surface area (Å²) in [6.07, 6.45) is 0. The quantitative estimate of drug-likeness (QED) is 0.850. The van der Waals surface area contributed by atoms with Gasteiger partial charge in [-0.2, -0.15) is 0 Å². The van der Waals surface area contributed by atoms with Crippen LogP contribution >= 0.6 is 0 Å². The van der Waals surface area contributed by atoms with Crippen LogP contribution in [0, 0.1) is 13.8 Å². The standard InChI is InChI=1S/C21H25BO4/c1-13-10-16(19(23)24)12-18(14(13)2)15-8-7-9-17(11-15)22-25-20(3,4)21(5,6)26-22/h7-12H,1-6H3,(H,23,24). The van der Waals surface area contributed by atoms with Gasteiger partial charge >= 0.3 is 13.1 Å². The van der Waals surface area contributed by atoms with Crippen LogP contribution in [0.15, 0.2) is 36.4 Å². The second kappa shape index (κ2) is 6.25. The van der Waals surface area contributed by atoms with E-state index in [1.165, 1.54) is 0 Å². The van der Waals surface area contributed by atoms with Gasteiger partial charge in [-0.3, -0.25) is 0 Å². The minimum atomic E-state index is -0.920. The minimum absolute atomic E-state index is 0.295. The summed E-state index contributed by atoms with van der Waals surface area (Å²) in [6.45, 7) is 12.1. The van der Waals surface area contributed by atoms with E-state index in [0.29, 0.717) is 5.56 Å². The molecule has 0 saturated carbocycles. The predicted molar refractivity (Wildman–Crippen MR) is 104 cm³/mol. The summed E-state index contributed by atoms with van der Waals surface area (Å²) in [4.78, 5) is 11.4. The first-order valence-electron chi connectivity index (χ1n) is 8.82. The van der Waals surface area contributed by atoms with Gasteiger partial charge in [0.1, 0.15) is 0 Å². The third-order valence-electron chi connectivity index (χ3n) is 5.64. The van der Waals surface area contributed by atoms with Gasteiger partial charge in [-0.05, 0) is 81.4 Å². The zero-order valence-corrected chi connectivity index (χ0v) is 16.2. The highest BCUT2D eigenvalue weighted by molar-refractivity contribution is 6.62. The van der Waals surface area contributed by atoms with Crippen LogP contribution in [0.5, 0.6) is 0 Å². The van der Waals surface area contributed by atoms with Gasteiger partial charge in [0.2, 0.25) is 0 Å². The van der Waals surface area contributed by atoms with E-state index < -0.39 is 24.3 Å². The van der Waals surface area contributed by atoms with E-state index in [1.807, 2.05) is 65.8 Å². The number of aryl methyl sites for hydroxylation is 1. The van der Waals surface area contributed by atoms with Gasteiger partial charge in [0, 0.05) is 0 Å². The van der Waals surface area contributed by atoms with Crippen LogP contribution in [0.25, 0.3) is 11.1 Å². The van der Waals surface area contributed by atoms with Crippen LogP contribution in [0.4, 0.5) is 0 Å². The Morgan fingerprint density at radius 2 is 1.62 bits per heavy atom. The number of rotatable bonds is 3. The summed E-state index contributed by atoms with van der Waals surface area (Å²) in [5, 5.41) is 9.37. The number of aromatic carboxylic acids is 1. The van der Waals surface area contributed by atoms with Crippen LogP contribution in [-0.4, -0.2) is 29.4 Å². The molecule has 1 heterocycles. The molecule has 1 aliphatic rings. The minimum Gasteiger partial charge on any atom is -0.478 e. The smallest absolute Gasteiger partial charge is 0.478 e. The molecule has 136 valence electrons. The van der Waals surface area contributed by atoms with Crippen molar-refractivity contribution >= 4 is 18.6 Å². The van der Waals surface area contributed by atoms with Gasteiger partial charge < -0.3 is 14.4 Å². The lowest BCUT2D eigenvalue weighted by Crippen LogP contribution is -2.41. The van der Waals surface area contributed by atoms with Gasteiger partial charge in [-0.25, -0.2) is 4.79 Å². The van der Waals surface area contributed by atoms with Crippen LogP contribution in [-0.2, 0) is 9.31 Å². The summed E-state index contributed by atoms with van der Waals surface area (Å²) >= 11 is 0. The van der Waals surface area contributed by atoms with Gasteiger partial charge in [0.15, 0.2) is 0 Å². The molecule has 5 heteroatoms. The molecule has 0 aromatic heterocycles. The topological polar surface area (TPSA) is 55.8 Å². The second-order valence-electron chi connectivity index (χ2n) is 7.98. The van der Waals surface area contributed by atoms with E-state index in [-0.39, 0.29) is 0 Å². The first kappa shape index (κ1) is 18.7. The lowest BCUT2D eigenvalue weighted by molar-refractivity contribution is 0.00578. The van der Waals surface area contributed by atoms with Crippen LogP contribution < -0.4 is 5.46 Å². The molecule has 0 aliphatic carbocycles. The molecule has 2 aromatic rings. The Bertz CT molecular complexity index is 854. The molecule has 1 aliphatic heterocycles. The average molecular weight is 352 g/mol. The lowest BCUT2D eigenvalue weighted by Gasteiger charge is -2.32. The fraction of sp³-hybridized carbons (Fsp3) is 0.381. The van der Waals surface area contributed by atoms with Gasteiger partial charge in [0.05, 0.1) is 16.8 Å². The summed E-state index contributed by atoms with van der Waals surface area (Å²) in [5.74, 6) is -0.920. The Labute approximate surface area is 155 Å². The van der Waals surface area contributed by atoms with E-state index in [1.54, 1.807) is 12.1 Å². The van der Waals surface area contributed by atoms with Crippen molar-refractivity contribution in [3.05, 3.63) is 53.1 Å². The van der Waals surface area contributed by atoms with Crippen LogP contribution in [0.3, 0.4) is 0 Å². The Hall–Kier alpha value is -2.11. The normalized spacial score (nSPS) is 18.2. The maximum absolute atomic E-state index is 11.4. The molecule has 1 N–H and O–H groups in total. The lowest BCUT2D eigenvalue weighted by atomic mass is 9.77. The molecule has 2 aromatic carbocycles. The van der Waals surface area contributed by atoms with Crippen molar-refractivity contribution in [3.63, 3.8) is 0 Å². The van der Waals surface area contributed by atoms with E-state index in [0.717, 1.165) is 27.7 Å². The number of hydrogen-bond donors (Lipinski definition) is 1. The zero-order valence-electron chi connectivity index (χ0n) is 16.2. The Balaban J connectivity index is 2.03. The Morgan fingerprint density at radius 1 is 1.00 bits per heavy atom. The zero-order chi connectivity index (χ0) is 19.3. The van der Waals surface area contributed by atoms with Crippen molar-refractivity contribution in [2.75, 3.05) is 0 Å². The second-order valence-corrected chi connectivity index (χ2v) is 7.98. The number of carboxylic acids is 1. The molecule has 0 unspecified atom stereocenters. The molecule has 26 heavy (non-hydrogen) atoms. The predicted octanol–water partition coefficient (Wildman–Crippen LogP) is 3.97. The summed E-state index contributed by atoms with van der Waals surface area (Å²) in [5.41, 5.74) is 4.33. The third kappa shape index (κ3) is 3.17. The molecule has 0 spiro atoms. The molecule has 3 rings (SSSR count). The number of hydrogen-bond acceptors (Lipinski definition) is 3. The highest BCUT2D eigenvalue weighted by Gasteiger charge is 2.51. The van der Waals surface area contributed by atoms with E-state index in [4.69, 9.17) is 9.31 Å². The number of carbonyl (C=O) groups is 1. The molecular formula is C21H25BO4. The molecule has 4 nitrogen and oxygen atoms in total. The number of carboxylic acid groups (broad SMARTS) is 1. The number of benzene rings is 2. The van der Waals surface area contributed by atoms with Crippen molar-refractivity contribution in [2.45, 2.75) is 52.7 Å². The van der Waals surface area contributed by atoms with E-state index in [9.17, 15) is 9.90 Å². The molecular weight excluding hydrogens is 327 g/mol. The molecule has 0 atom stereocenters. The van der Waals surface area contributed by atoms with Gasteiger partial charge in [0.25, 0.3) is 0 Å². The maximum Gasteiger partial charge on any atom is 0.494 e. The van der Waals surface area contributed by atoms with Gasteiger partial charge in [-0.1, -0.05) is 24.3 Å². The van der Waals surface area contributed by atoms with Crippen LogP contribution in [0.2, 0.25) is 0 Å². The van der Waals surface area contributed by atoms with Crippen molar-refractivity contribution in [2.24, 2.45) is 0 Å². The first-order chi connectivity index (χ1) is 12.0. The molecule has 1 fully saturated rings. The van der Waals surface area contributed by atoms with Crippen molar-refractivity contribution in [3.8, 4) is 11.1 Å². The molecule has 0 bridgehead atoms. The fourth-order valence-corrected chi connectivity index (χ4v) is 3.11. The molecule has 1 saturated heterocycles. The van der Waals surface area contributed by atoms with Crippen molar-refractivity contribution in [1.29, 1.82) is 0 Å². The highest BCUT2D eigenvalue weighted by Crippen LogP contribution is 2.37. The molecule has 0 radical (unpaired) electrons. The Kier molecular flexibility index (Phi) is 4.49. The van der Waals surface area contributed by atoms with E-state index in [2.05, 4.69) is 0 Å². The van der Waals surface area contributed by atoms with Crippen molar-refractivity contribution < 1.29 is 19.2 Å². The summed E-state index contributed by atoms with van der Waals surface area (Å²) in [6, 6.07) is 11.4. The highest BCUT2D eigenvalue weighted by atomic mass is 16.7. The summed E-state index contributed by atoms with van der Waals surface area (Å²) < 4.78 is 12.3.